The summed E-state index contributed by atoms with van der Waals surface area (Å²) in [6.07, 6.45) is 4.36. The zero-order valence-electron chi connectivity index (χ0n) is 12.5. The van der Waals surface area contributed by atoms with Crippen LogP contribution >= 0.6 is 0 Å². The molecule has 2 rings (SSSR count). The maximum atomic E-state index is 12.9. The van der Waals surface area contributed by atoms with Gasteiger partial charge >= 0.3 is 0 Å². The first-order valence-corrected chi connectivity index (χ1v) is 7.57. The number of hydrogen-bond acceptors (Lipinski definition) is 2. The zero-order valence-corrected chi connectivity index (χ0v) is 12.5. The van der Waals surface area contributed by atoms with E-state index in [0.717, 1.165) is 25.7 Å². The fourth-order valence-electron chi connectivity index (χ4n) is 3.38. The number of carbonyl (C=O) groups is 2. The molecule has 1 aliphatic carbocycles. The Morgan fingerprint density at radius 2 is 1.84 bits per heavy atom. The first-order chi connectivity index (χ1) is 8.93. The monoisotopic (exact) mass is 266 g/mol. The van der Waals surface area contributed by atoms with Gasteiger partial charge in [0.25, 0.3) is 0 Å². The van der Waals surface area contributed by atoms with Crippen molar-refractivity contribution in [3.05, 3.63) is 0 Å². The molecule has 0 aromatic rings. The van der Waals surface area contributed by atoms with Gasteiger partial charge in [-0.1, -0.05) is 33.6 Å². The van der Waals surface area contributed by atoms with Crippen molar-refractivity contribution >= 4 is 11.8 Å². The second-order valence-electron chi connectivity index (χ2n) is 6.40. The topological polar surface area (TPSA) is 49.4 Å². The molecule has 2 unspecified atom stereocenters. The van der Waals surface area contributed by atoms with Crippen molar-refractivity contribution < 1.29 is 9.59 Å². The average Bonchev–Trinajstić information content (AvgIpc) is 2.82. The molecular formula is C15H26N2O2. The number of nitrogens with one attached hydrogen (secondary N) is 1. The van der Waals surface area contributed by atoms with Crippen LogP contribution in [0.4, 0.5) is 0 Å². The number of nitrogens with zero attached hydrogens (tertiary/aromatic N) is 1. The normalized spacial score (nSPS) is 28.1. The van der Waals surface area contributed by atoms with Crippen LogP contribution in [0.1, 0.15) is 59.8 Å². The molecule has 2 amide bonds. The molecule has 1 heterocycles. The third-order valence-corrected chi connectivity index (χ3v) is 4.89. The van der Waals surface area contributed by atoms with Gasteiger partial charge in [-0.25, -0.2) is 0 Å². The van der Waals surface area contributed by atoms with Crippen molar-refractivity contribution in [3.63, 3.8) is 0 Å². The molecule has 2 atom stereocenters. The molecular weight excluding hydrogens is 240 g/mol. The SMILES string of the molecule is CCC1C(=O)NC2(CCCC2)C(=O)N1C(C)C(C)C. The Morgan fingerprint density at radius 3 is 2.32 bits per heavy atom. The number of amides is 2. The minimum absolute atomic E-state index is 0.0384. The molecule has 4 heteroatoms. The van der Waals surface area contributed by atoms with Crippen LogP contribution in [0.2, 0.25) is 0 Å². The molecule has 2 fully saturated rings. The van der Waals surface area contributed by atoms with E-state index in [1.54, 1.807) is 0 Å². The Morgan fingerprint density at radius 1 is 1.26 bits per heavy atom. The Kier molecular flexibility index (Phi) is 3.88. The Bertz CT molecular complexity index is 372. The highest BCUT2D eigenvalue weighted by molar-refractivity contribution is 6.00. The van der Waals surface area contributed by atoms with E-state index in [2.05, 4.69) is 26.1 Å². The molecule has 0 aromatic carbocycles. The van der Waals surface area contributed by atoms with E-state index in [-0.39, 0.29) is 23.9 Å². The molecule has 1 saturated carbocycles. The number of hydrogen-bond donors (Lipinski definition) is 1. The highest BCUT2D eigenvalue weighted by atomic mass is 16.2. The first-order valence-electron chi connectivity index (χ1n) is 7.57. The van der Waals surface area contributed by atoms with Crippen molar-refractivity contribution in [3.8, 4) is 0 Å². The summed E-state index contributed by atoms with van der Waals surface area (Å²) in [6, 6.07) is -0.183. The molecule has 0 bridgehead atoms. The standard InChI is InChI=1S/C15H26N2O2/c1-5-12-13(18)16-15(8-6-7-9-15)14(19)17(12)11(4)10(2)3/h10-12H,5-9H2,1-4H3,(H,16,18). The highest BCUT2D eigenvalue weighted by Gasteiger charge is 2.52. The fraction of sp³-hybridized carbons (Fsp3) is 0.867. The molecule has 108 valence electrons. The van der Waals surface area contributed by atoms with Gasteiger partial charge in [-0.15, -0.1) is 0 Å². The van der Waals surface area contributed by atoms with Crippen molar-refractivity contribution in [1.82, 2.24) is 10.2 Å². The van der Waals surface area contributed by atoms with E-state index >= 15 is 0 Å². The summed E-state index contributed by atoms with van der Waals surface area (Å²) in [5.74, 6) is 0.552. The van der Waals surface area contributed by atoms with Crippen molar-refractivity contribution in [2.45, 2.75) is 77.4 Å². The van der Waals surface area contributed by atoms with E-state index in [1.807, 2.05) is 11.8 Å². The van der Waals surface area contributed by atoms with Crippen molar-refractivity contribution in [2.75, 3.05) is 0 Å². The predicted octanol–water partition coefficient (Wildman–Crippen LogP) is 2.08. The molecule has 1 spiro atoms. The van der Waals surface area contributed by atoms with Gasteiger partial charge in [-0.2, -0.15) is 0 Å². The van der Waals surface area contributed by atoms with Crippen LogP contribution in [0.5, 0.6) is 0 Å². The maximum absolute atomic E-state index is 12.9. The largest absolute Gasteiger partial charge is 0.340 e. The smallest absolute Gasteiger partial charge is 0.249 e. The molecule has 2 aliphatic rings. The number of piperazine rings is 1. The number of rotatable bonds is 3. The van der Waals surface area contributed by atoms with E-state index in [4.69, 9.17) is 0 Å². The maximum Gasteiger partial charge on any atom is 0.249 e. The summed E-state index contributed by atoms with van der Waals surface area (Å²) in [4.78, 5) is 27.2. The summed E-state index contributed by atoms with van der Waals surface area (Å²) in [7, 11) is 0. The lowest BCUT2D eigenvalue weighted by atomic mass is 9.87. The van der Waals surface area contributed by atoms with Crippen LogP contribution in [0.25, 0.3) is 0 Å². The first kappa shape index (κ1) is 14.4. The highest BCUT2D eigenvalue weighted by Crippen LogP contribution is 2.36. The Balaban J connectivity index is 2.34. The number of carbonyl (C=O) groups excluding carboxylic acids is 2. The van der Waals surface area contributed by atoms with Gasteiger partial charge in [0.15, 0.2) is 0 Å². The van der Waals surface area contributed by atoms with Crippen LogP contribution in [-0.2, 0) is 9.59 Å². The van der Waals surface area contributed by atoms with E-state index in [1.165, 1.54) is 0 Å². The van der Waals surface area contributed by atoms with Gasteiger partial charge in [0, 0.05) is 6.04 Å². The lowest BCUT2D eigenvalue weighted by molar-refractivity contribution is -0.158. The fourth-order valence-corrected chi connectivity index (χ4v) is 3.38. The quantitative estimate of drug-likeness (QED) is 0.850. The summed E-state index contributed by atoms with van der Waals surface area (Å²) >= 11 is 0. The lowest BCUT2D eigenvalue weighted by Crippen LogP contribution is -2.71. The minimum atomic E-state index is -0.591. The second-order valence-corrected chi connectivity index (χ2v) is 6.40. The van der Waals surface area contributed by atoms with Gasteiger partial charge in [-0.3, -0.25) is 9.59 Å². The second kappa shape index (κ2) is 5.14. The molecule has 4 nitrogen and oxygen atoms in total. The predicted molar refractivity (Wildman–Crippen MR) is 74.6 cm³/mol. The van der Waals surface area contributed by atoms with E-state index in [0.29, 0.717) is 12.3 Å². The van der Waals surface area contributed by atoms with Crippen molar-refractivity contribution in [2.24, 2.45) is 5.92 Å². The summed E-state index contributed by atoms with van der Waals surface area (Å²) in [5.41, 5.74) is -0.591. The van der Waals surface area contributed by atoms with Gasteiger partial charge in [0.1, 0.15) is 11.6 Å². The van der Waals surface area contributed by atoms with E-state index in [9.17, 15) is 9.59 Å². The molecule has 1 aliphatic heterocycles. The minimum Gasteiger partial charge on any atom is -0.340 e. The molecule has 0 aromatic heterocycles. The molecule has 1 N–H and O–H groups in total. The van der Waals surface area contributed by atoms with Gasteiger partial charge in [-0.05, 0) is 32.1 Å². The van der Waals surface area contributed by atoms with Crippen molar-refractivity contribution in [1.29, 1.82) is 0 Å². The van der Waals surface area contributed by atoms with Crippen LogP contribution < -0.4 is 5.32 Å². The Hall–Kier alpha value is -1.06. The van der Waals surface area contributed by atoms with Crippen LogP contribution in [0, 0.1) is 5.92 Å². The molecule has 0 radical (unpaired) electrons. The van der Waals surface area contributed by atoms with Gasteiger partial charge < -0.3 is 10.2 Å². The average molecular weight is 266 g/mol. The van der Waals surface area contributed by atoms with Gasteiger partial charge in [0.05, 0.1) is 0 Å². The van der Waals surface area contributed by atoms with Crippen LogP contribution in [-0.4, -0.2) is 34.3 Å². The summed E-state index contributed by atoms with van der Waals surface area (Å²) < 4.78 is 0. The Labute approximate surface area is 115 Å². The molecule has 1 saturated heterocycles. The van der Waals surface area contributed by atoms with Gasteiger partial charge in [0.2, 0.25) is 11.8 Å². The summed E-state index contributed by atoms with van der Waals surface area (Å²) in [6.45, 7) is 8.26. The third-order valence-electron chi connectivity index (χ3n) is 4.89. The zero-order chi connectivity index (χ0) is 14.2. The summed E-state index contributed by atoms with van der Waals surface area (Å²) in [5, 5.41) is 3.04. The van der Waals surface area contributed by atoms with E-state index < -0.39 is 5.54 Å². The third kappa shape index (κ3) is 2.26. The van der Waals surface area contributed by atoms with Crippen LogP contribution in [0.3, 0.4) is 0 Å². The molecule has 19 heavy (non-hydrogen) atoms. The lowest BCUT2D eigenvalue weighted by Gasteiger charge is -2.47. The van der Waals surface area contributed by atoms with Crippen LogP contribution in [0.15, 0.2) is 0 Å².